The summed E-state index contributed by atoms with van der Waals surface area (Å²) in [7, 11) is -4.12. The molecular formula is C9H12N2O5S. The van der Waals surface area contributed by atoms with Crippen molar-refractivity contribution in [3.63, 3.8) is 0 Å². The van der Waals surface area contributed by atoms with Crippen molar-refractivity contribution in [1.29, 1.82) is 0 Å². The fourth-order valence-corrected chi connectivity index (χ4v) is 1.48. The maximum absolute atomic E-state index is 11.5. The number of hydrogen-bond donors (Lipinski definition) is 4. The van der Waals surface area contributed by atoms with Crippen molar-refractivity contribution in [1.82, 2.24) is 5.32 Å². The van der Waals surface area contributed by atoms with E-state index < -0.39 is 21.8 Å². The molecule has 0 fully saturated rings. The van der Waals surface area contributed by atoms with E-state index in [0.717, 1.165) is 0 Å². The topological polar surface area (TPSA) is 130 Å². The molecule has 17 heavy (non-hydrogen) atoms. The molecule has 94 valence electrons. The number of phenolic OH excluding ortho intramolecular Hbond substituents is 1. The van der Waals surface area contributed by atoms with Crippen LogP contribution < -0.4 is 11.1 Å². The van der Waals surface area contributed by atoms with Crippen LogP contribution in [-0.4, -0.2) is 36.3 Å². The first kappa shape index (κ1) is 13.3. The van der Waals surface area contributed by atoms with E-state index in [-0.39, 0.29) is 17.9 Å². The fourth-order valence-electron chi connectivity index (χ4n) is 1.12. The number of carbonyl (C=O) groups excluding carboxylic acids is 1. The van der Waals surface area contributed by atoms with E-state index in [9.17, 15) is 18.3 Å². The Kier molecular flexibility index (Phi) is 3.92. The van der Waals surface area contributed by atoms with Crippen LogP contribution in [-0.2, 0) is 10.1 Å². The zero-order chi connectivity index (χ0) is 13.1. The van der Waals surface area contributed by atoms with Crippen LogP contribution in [0.1, 0.15) is 10.4 Å². The van der Waals surface area contributed by atoms with Crippen molar-refractivity contribution in [2.75, 3.05) is 18.0 Å². The van der Waals surface area contributed by atoms with Crippen molar-refractivity contribution in [2.45, 2.75) is 0 Å². The number of rotatable bonds is 4. The summed E-state index contributed by atoms with van der Waals surface area (Å²) in [5.41, 5.74) is 5.68. The average molecular weight is 260 g/mol. The van der Waals surface area contributed by atoms with Crippen LogP contribution in [0.2, 0.25) is 0 Å². The van der Waals surface area contributed by atoms with Crippen molar-refractivity contribution < 1.29 is 22.9 Å². The van der Waals surface area contributed by atoms with Crippen molar-refractivity contribution in [2.24, 2.45) is 0 Å². The Bertz CT molecular complexity index is 526. The first-order chi connectivity index (χ1) is 7.79. The molecule has 0 aliphatic carbocycles. The van der Waals surface area contributed by atoms with E-state index in [4.69, 9.17) is 10.3 Å². The molecule has 0 heterocycles. The molecule has 0 spiro atoms. The highest BCUT2D eigenvalue weighted by atomic mass is 32.2. The summed E-state index contributed by atoms with van der Waals surface area (Å²) in [4.78, 5) is 11.5. The third kappa shape index (κ3) is 4.29. The molecule has 1 aromatic carbocycles. The lowest BCUT2D eigenvalue weighted by Gasteiger charge is -2.06. The zero-order valence-electron chi connectivity index (χ0n) is 8.75. The lowest BCUT2D eigenvalue weighted by molar-refractivity contribution is 0.0953. The van der Waals surface area contributed by atoms with Gasteiger partial charge < -0.3 is 16.2 Å². The summed E-state index contributed by atoms with van der Waals surface area (Å²) < 4.78 is 29.3. The Morgan fingerprint density at radius 1 is 1.41 bits per heavy atom. The molecule has 1 rings (SSSR count). The smallest absolute Gasteiger partial charge is 0.266 e. The van der Waals surface area contributed by atoms with Gasteiger partial charge in [0.2, 0.25) is 0 Å². The average Bonchev–Trinajstić information content (AvgIpc) is 2.19. The highest BCUT2D eigenvalue weighted by Gasteiger charge is 2.12. The first-order valence-electron chi connectivity index (χ1n) is 4.61. The molecule has 0 saturated heterocycles. The Hall–Kier alpha value is -1.80. The monoisotopic (exact) mass is 260 g/mol. The van der Waals surface area contributed by atoms with E-state index in [0.29, 0.717) is 5.69 Å². The van der Waals surface area contributed by atoms with Crippen LogP contribution in [0.3, 0.4) is 0 Å². The zero-order valence-corrected chi connectivity index (χ0v) is 9.57. The van der Waals surface area contributed by atoms with Gasteiger partial charge in [0.25, 0.3) is 16.0 Å². The molecule has 0 aliphatic heterocycles. The van der Waals surface area contributed by atoms with Crippen LogP contribution >= 0.6 is 0 Å². The quantitative estimate of drug-likeness (QED) is 0.331. The highest BCUT2D eigenvalue weighted by molar-refractivity contribution is 7.85. The van der Waals surface area contributed by atoms with Gasteiger partial charge in [-0.15, -0.1) is 0 Å². The third-order valence-electron chi connectivity index (χ3n) is 1.91. The summed E-state index contributed by atoms with van der Waals surface area (Å²) in [6, 6.07) is 3.94. The standard InChI is InChI=1S/C9H12N2O5S/c10-6-1-2-8(12)7(5-6)9(13)11-3-4-17(14,15)16/h1-2,5,12H,3-4,10H2,(H,11,13)(H,14,15,16). The summed E-state index contributed by atoms with van der Waals surface area (Å²) in [5.74, 6) is -1.52. The van der Waals surface area contributed by atoms with Crippen LogP contribution in [0.15, 0.2) is 18.2 Å². The second-order valence-electron chi connectivity index (χ2n) is 3.32. The lowest BCUT2D eigenvalue weighted by Crippen LogP contribution is -2.29. The fraction of sp³-hybridized carbons (Fsp3) is 0.222. The van der Waals surface area contributed by atoms with E-state index in [2.05, 4.69) is 5.32 Å². The van der Waals surface area contributed by atoms with Gasteiger partial charge in [-0.1, -0.05) is 0 Å². The molecule has 8 heteroatoms. The number of hydrogen-bond acceptors (Lipinski definition) is 5. The van der Waals surface area contributed by atoms with Crippen molar-refractivity contribution in [3.8, 4) is 5.75 Å². The molecule has 0 radical (unpaired) electrons. The van der Waals surface area contributed by atoms with Crippen molar-refractivity contribution >= 4 is 21.7 Å². The minimum atomic E-state index is -4.12. The number of amides is 1. The minimum Gasteiger partial charge on any atom is -0.507 e. The summed E-state index contributed by atoms with van der Waals surface area (Å²) in [5, 5.41) is 11.6. The number of aromatic hydroxyl groups is 1. The van der Waals surface area contributed by atoms with Gasteiger partial charge in [-0.3, -0.25) is 9.35 Å². The first-order valence-corrected chi connectivity index (χ1v) is 6.22. The van der Waals surface area contributed by atoms with Crippen LogP contribution in [0.25, 0.3) is 0 Å². The third-order valence-corrected chi connectivity index (χ3v) is 2.63. The summed E-state index contributed by atoms with van der Waals surface area (Å²) in [6.45, 7) is -0.258. The molecule has 5 N–H and O–H groups in total. The molecule has 0 unspecified atom stereocenters. The van der Waals surface area contributed by atoms with Gasteiger partial charge in [0.15, 0.2) is 0 Å². The van der Waals surface area contributed by atoms with E-state index in [1.807, 2.05) is 0 Å². The highest BCUT2D eigenvalue weighted by Crippen LogP contribution is 2.19. The maximum atomic E-state index is 11.5. The normalized spacial score (nSPS) is 11.1. The van der Waals surface area contributed by atoms with E-state index in [1.54, 1.807) is 0 Å². The Labute approximate surface area is 98.0 Å². The lowest BCUT2D eigenvalue weighted by atomic mass is 10.1. The molecule has 0 saturated carbocycles. The van der Waals surface area contributed by atoms with Crippen LogP contribution in [0.5, 0.6) is 5.75 Å². The molecule has 7 nitrogen and oxygen atoms in total. The largest absolute Gasteiger partial charge is 0.507 e. The maximum Gasteiger partial charge on any atom is 0.266 e. The molecular weight excluding hydrogens is 248 g/mol. The molecule has 0 bridgehead atoms. The molecule has 1 amide bonds. The van der Waals surface area contributed by atoms with Gasteiger partial charge in [0, 0.05) is 12.2 Å². The molecule has 1 aromatic rings. The van der Waals surface area contributed by atoms with Gasteiger partial charge in [-0.25, -0.2) is 0 Å². The predicted molar refractivity (Wildman–Crippen MR) is 61.3 cm³/mol. The van der Waals surface area contributed by atoms with Gasteiger partial charge >= 0.3 is 0 Å². The van der Waals surface area contributed by atoms with Crippen LogP contribution in [0.4, 0.5) is 5.69 Å². The SMILES string of the molecule is Nc1ccc(O)c(C(=O)NCCS(=O)(=O)O)c1. The Morgan fingerprint density at radius 3 is 2.65 bits per heavy atom. The molecule has 0 aromatic heterocycles. The Morgan fingerprint density at radius 2 is 2.06 bits per heavy atom. The number of benzene rings is 1. The summed E-state index contributed by atoms with van der Waals surface area (Å²) in [6.07, 6.45) is 0. The number of carbonyl (C=O) groups is 1. The number of phenols is 1. The minimum absolute atomic E-state index is 0.0552. The van der Waals surface area contributed by atoms with Gasteiger partial charge in [-0.05, 0) is 18.2 Å². The number of nitrogens with two attached hydrogens (primary N) is 1. The van der Waals surface area contributed by atoms with Gasteiger partial charge in [0.05, 0.1) is 11.3 Å². The molecule has 0 aliphatic rings. The van der Waals surface area contributed by atoms with Gasteiger partial charge in [0.1, 0.15) is 5.75 Å². The number of nitrogen functional groups attached to an aromatic ring is 1. The van der Waals surface area contributed by atoms with Crippen molar-refractivity contribution in [3.05, 3.63) is 23.8 Å². The second-order valence-corrected chi connectivity index (χ2v) is 4.89. The van der Waals surface area contributed by atoms with E-state index in [1.165, 1.54) is 18.2 Å². The number of anilines is 1. The Balaban J connectivity index is 2.67. The second kappa shape index (κ2) is 5.02. The summed E-state index contributed by atoms with van der Waals surface area (Å²) >= 11 is 0. The number of nitrogens with one attached hydrogen (secondary N) is 1. The van der Waals surface area contributed by atoms with Gasteiger partial charge in [-0.2, -0.15) is 8.42 Å². The van der Waals surface area contributed by atoms with E-state index >= 15 is 0 Å². The molecule has 0 atom stereocenters. The predicted octanol–water partition coefficient (Wildman–Crippen LogP) is -0.408. The van der Waals surface area contributed by atoms with Crippen LogP contribution in [0, 0.1) is 0 Å².